The van der Waals surface area contributed by atoms with Gasteiger partial charge in [-0.1, -0.05) is 81.0 Å². The van der Waals surface area contributed by atoms with E-state index in [-0.39, 0.29) is 33.9 Å². The topological polar surface area (TPSA) is 115 Å². The van der Waals surface area contributed by atoms with Crippen molar-refractivity contribution < 1.29 is 33.7 Å². The van der Waals surface area contributed by atoms with E-state index in [1.54, 1.807) is 55.5 Å². The molecule has 1 N–H and O–H groups in total. The number of unbranched alkanes of at least 4 members (excludes halogenated alkanes) is 1. The van der Waals surface area contributed by atoms with Gasteiger partial charge in [0.2, 0.25) is 0 Å². The fourth-order valence-corrected chi connectivity index (χ4v) is 6.00. The normalized spacial score (nSPS) is 15.7. The van der Waals surface area contributed by atoms with Crippen molar-refractivity contribution in [2.24, 2.45) is 5.92 Å². The molecule has 0 bridgehead atoms. The Bertz CT molecular complexity index is 1750. The molecule has 0 radical (unpaired) electrons. The molecule has 2 heterocycles. The monoisotopic (exact) mass is 654 g/mol. The molecule has 0 aliphatic carbocycles. The predicted octanol–water partition coefficient (Wildman–Crippen LogP) is 7.65. The summed E-state index contributed by atoms with van der Waals surface area (Å²) >= 11 is 0.972. The minimum atomic E-state index is -1.02. The van der Waals surface area contributed by atoms with E-state index < -0.39 is 23.7 Å². The van der Waals surface area contributed by atoms with Crippen LogP contribution in [0.25, 0.3) is 5.76 Å². The maximum atomic E-state index is 13.7. The summed E-state index contributed by atoms with van der Waals surface area (Å²) in [6.45, 7) is 8.76. The number of nitrogens with zero attached hydrogens (tertiary/aromatic N) is 2. The van der Waals surface area contributed by atoms with Crippen LogP contribution in [0.5, 0.6) is 11.5 Å². The van der Waals surface area contributed by atoms with Gasteiger partial charge in [0.05, 0.1) is 30.5 Å². The molecule has 1 saturated heterocycles. The molecule has 10 heteroatoms. The number of esters is 1. The highest BCUT2D eigenvalue weighted by Crippen LogP contribution is 2.44. The Hall–Kier alpha value is -4.96. The first kappa shape index (κ1) is 33.4. The van der Waals surface area contributed by atoms with E-state index in [4.69, 9.17) is 14.2 Å². The van der Waals surface area contributed by atoms with Crippen molar-refractivity contribution in [3.05, 3.63) is 112 Å². The molecular weight excluding hydrogens is 616 g/mol. The highest BCUT2D eigenvalue weighted by molar-refractivity contribution is 7.17. The second-order valence-corrected chi connectivity index (χ2v) is 12.6. The van der Waals surface area contributed by atoms with Crippen LogP contribution in [0, 0.1) is 12.8 Å². The standard InChI is InChI=1S/C37H38N2O7S/c1-5-6-20-44-28-18-14-27(15-19-28)32(40)30-31(26-12-16-29(17-13-26)45-22-25-10-8-7-9-11-25)39(35(42)33(30)41)37-38-24(4)34(47-37)36(43)46-21-23(2)3/h7-19,23,31,40H,5-6,20-22H2,1-4H3. The van der Waals surface area contributed by atoms with Crippen LogP contribution in [0.1, 0.15) is 71.7 Å². The lowest BCUT2D eigenvalue weighted by atomic mass is 9.95. The van der Waals surface area contributed by atoms with Crippen molar-refractivity contribution >= 4 is 39.9 Å². The van der Waals surface area contributed by atoms with Gasteiger partial charge in [0, 0.05) is 5.56 Å². The second kappa shape index (κ2) is 15.1. The molecule has 244 valence electrons. The summed E-state index contributed by atoms with van der Waals surface area (Å²) < 4.78 is 17.1. The summed E-state index contributed by atoms with van der Waals surface area (Å²) in [6, 6.07) is 22.5. The summed E-state index contributed by atoms with van der Waals surface area (Å²) in [4.78, 5) is 46.3. The maximum absolute atomic E-state index is 13.7. The molecule has 5 rings (SSSR count). The van der Waals surface area contributed by atoms with Gasteiger partial charge >= 0.3 is 11.9 Å². The Kier molecular flexibility index (Phi) is 10.7. The number of benzene rings is 3. The largest absolute Gasteiger partial charge is 0.507 e. The minimum absolute atomic E-state index is 0.0932. The van der Waals surface area contributed by atoms with Crippen molar-refractivity contribution in [3.8, 4) is 11.5 Å². The van der Waals surface area contributed by atoms with Crippen LogP contribution < -0.4 is 14.4 Å². The first-order valence-corrected chi connectivity index (χ1v) is 16.4. The average Bonchev–Trinajstić information content (AvgIpc) is 3.59. The molecule has 1 fully saturated rings. The zero-order valence-electron chi connectivity index (χ0n) is 26.9. The Morgan fingerprint density at radius 2 is 1.62 bits per heavy atom. The SMILES string of the molecule is CCCCOc1ccc(C(O)=C2C(=O)C(=O)N(c3nc(C)c(C(=O)OCC(C)C)s3)C2c2ccc(OCc3ccccc3)cc2)cc1. The van der Waals surface area contributed by atoms with Gasteiger partial charge in [0.15, 0.2) is 5.13 Å². The summed E-state index contributed by atoms with van der Waals surface area (Å²) in [5.41, 5.74) is 2.20. The lowest BCUT2D eigenvalue weighted by Gasteiger charge is -2.23. The van der Waals surface area contributed by atoms with E-state index in [0.717, 1.165) is 29.7 Å². The average molecular weight is 655 g/mol. The van der Waals surface area contributed by atoms with Crippen LogP contribution in [-0.2, 0) is 20.9 Å². The number of ether oxygens (including phenoxy) is 3. The number of aliphatic hydroxyl groups excluding tert-OH is 1. The molecular formula is C37H38N2O7S. The number of carbonyl (C=O) groups is 3. The van der Waals surface area contributed by atoms with E-state index in [2.05, 4.69) is 11.9 Å². The first-order chi connectivity index (χ1) is 22.7. The number of thiazole rings is 1. The number of hydrogen-bond acceptors (Lipinski definition) is 9. The summed E-state index contributed by atoms with van der Waals surface area (Å²) in [7, 11) is 0. The van der Waals surface area contributed by atoms with E-state index in [1.807, 2.05) is 44.2 Å². The summed E-state index contributed by atoms with van der Waals surface area (Å²) in [6.07, 6.45) is 1.91. The van der Waals surface area contributed by atoms with Crippen molar-refractivity contribution in [2.45, 2.75) is 53.2 Å². The molecule has 1 amide bonds. The predicted molar refractivity (Wildman–Crippen MR) is 181 cm³/mol. The highest BCUT2D eigenvalue weighted by atomic mass is 32.1. The van der Waals surface area contributed by atoms with Gasteiger partial charge in [0.25, 0.3) is 5.78 Å². The zero-order valence-corrected chi connectivity index (χ0v) is 27.7. The third-order valence-electron chi connectivity index (χ3n) is 7.51. The maximum Gasteiger partial charge on any atom is 0.350 e. The third kappa shape index (κ3) is 7.72. The molecule has 47 heavy (non-hydrogen) atoms. The fourth-order valence-electron chi connectivity index (χ4n) is 5.01. The molecule has 1 unspecified atom stereocenters. The molecule has 4 aromatic rings. The molecule has 3 aromatic carbocycles. The van der Waals surface area contributed by atoms with Gasteiger partial charge in [-0.2, -0.15) is 0 Å². The number of aliphatic hydroxyl groups is 1. The molecule has 1 aliphatic rings. The van der Waals surface area contributed by atoms with Crippen molar-refractivity contribution in [2.75, 3.05) is 18.1 Å². The Labute approximate surface area is 278 Å². The number of aromatic nitrogens is 1. The lowest BCUT2D eigenvalue weighted by Crippen LogP contribution is -2.29. The second-order valence-electron chi connectivity index (χ2n) is 11.6. The number of carbonyl (C=O) groups excluding carboxylic acids is 3. The number of amides is 1. The lowest BCUT2D eigenvalue weighted by molar-refractivity contribution is -0.132. The fraction of sp³-hybridized carbons (Fsp3) is 0.297. The molecule has 0 spiro atoms. The van der Waals surface area contributed by atoms with E-state index >= 15 is 0 Å². The molecule has 0 saturated carbocycles. The quantitative estimate of drug-likeness (QED) is 0.0514. The van der Waals surface area contributed by atoms with Crippen molar-refractivity contribution in [3.63, 3.8) is 0 Å². The first-order valence-electron chi connectivity index (χ1n) is 15.6. The number of anilines is 1. The number of hydrogen-bond donors (Lipinski definition) is 1. The number of rotatable bonds is 13. The van der Waals surface area contributed by atoms with Gasteiger partial charge in [-0.05, 0) is 66.8 Å². The highest BCUT2D eigenvalue weighted by Gasteiger charge is 2.48. The summed E-state index contributed by atoms with van der Waals surface area (Å²) in [5.74, 6) is -1.24. The van der Waals surface area contributed by atoms with Crippen LogP contribution in [0.3, 0.4) is 0 Å². The van der Waals surface area contributed by atoms with Gasteiger partial charge in [0.1, 0.15) is 28.7 Å². The van der Waals surface area contributed by atoms with Crippen LogP contribution >= 0.6 is 11.3 Å². The van der Waals surface area contributed by atoms with Crippen molar-refractivity contribution in [1.82, 2.24) is 4.98 Å². The Balaban J connectivity index is 1.52. The number of Topliss-reactive ketones (excluding diaryl/α,β-unsaturated/α-hetero) is 1. The summed E-state index contributed by atoms with van der Waals surface area (Å²) in [5, 5.41) is 11.7. The van der Waals surface area contributed by atoms with E-state index in [9.17, 15) is 19.5 Å². The Morgan fingerprint density at radius 3 is 2.28 bits per heavy atom. The molecule has 1 aliphatic heterocycles. The van der Waals surface area contributed by atoms with Gasteiger partial charge < -0.3 is 19.3 Å². The van der Waals surface area contributed by atoms with Crippen LogP contribution in [0.15, 0.2) is 84.4 Å². The zero-order chi connectivity index (χ0) is 33.5. The third-order valence-corrected chi connectivity index (χ3v) is 8.64. The van der Waals surface area contributed by atoms with Gasteiger partial charge in [-0.25, -0.2) is 9.78 Å². The van der Waals surface area contributed by atoms with E-state index in [1.165, 1.54) is 4.90 Å². The van der Waals surface area contributed by atoms with Crippen LogP contribution in [0.2, 0.25) is 0 Å². The van der Waals surface area contributed by atoms with E-state index in [0.29, 0.717) is 41.5 Å². The molecule has 9 nitrogen and oxygen atoms in total. The van der Waals surface area contributed by atoms with Crippen LogP contribution in [0.4, 0.5) is 5.13 Å². The molecule has 1 aromatic heterocycles. The number of ketones is 1. The smallest absolute Gasteiger partial charge is 0.350 e. The number of aryl methyl sites for hydroxylation is 1. The van der Waals surface area contributed by atoms with Gasteiger partial charge in [-0.15, -0.1) is 0 Å². The van der Waals surface area contributed by atoms with Gasteiger partial charge in [-0.3, -0.25) is 14.5 Å². The minimum Gasteiger partial charge on any atom is -0.507 e. The van der Waals surface area contributed by atoms with Crippen molar-refractivity contribution in [1.29, 1.82) is 0 Å². The van der Waals surface area contributed by atoms with Crippen LogP contribution in [-0.4, -0.2) is 41.0 Å². The Morgan fingerprint density at radius 1 is 0.957 bits per heavy atom. The molecule has 1 atom stereocenters.